The molecule has 0 unspecified atom stereocenters. The van der Waals surface area contributed by atoms with Crippen LogP contribution in [0.2, 0.25) is 0 Å². The Bertz CT molecular complexity index is 380. The van der Waals surface area contributed by atoms with E-state index in [4.69, 9.17) is 5.11 Å². The minimum absolute atomic E-state index is 0. The molecule has 2 nitrogen and oxygen atoms in total. The van der Waals surface area contributed by atoms with E-state index >= 15 is 0 Å². The Morgan fingerprint density at radius 3 is 2.00 bits per heavy atom. The summed E-state index contributed by atoms with van der Waals surface area (Å²) in [7, 11) is 0. The Labute approximate surface area is 91.7 Å². The molecular weight excluding hydrogens is 216 g/mol. The first-order chi connectivity index (χ1) is 5.95. The summed E-state index contributed by atoms with van der Waals surface area (Å²) in [5, 5.41) is 8.21. The molecule has 1 N–H and O–H groups in total. The van der Waals surface area contributed by atoms with Gasteiger partial charge in [-0.1, -0.05) is 0 Å². The first-order valence-electron chi connectivity index (χ1n) is 3.01. The van der Waals surface area contributed by atoms with Crippen LogP contribution in [0.25, 0.3) is 0 Å². The van der Waals surface area contributed by atoms with Crippen LogP contribution in [0.4, 0.5) is 17.6 Å². The SMILES string of the molecule is O=C(O)c1cc(F)c(F)c(F)c1F.[MgH2]. The lowest BCUT2D eigenvalue weighted by molar-refractivity contribution is 0.0689. The highest BCUT2D eigenvalue weighted by Gasteiger charge is 2.22. The lowest BCUT2D eigenvalue weighted by Crippen LogP contribution is -2.06. The van der Waals surface area contributed by atoms with Crippen molar-refractivity contribution in [3.63, 3.8) is 0 Å². The standard InChI is InChI=1S/C7H2F4O2.Mg.2H/c8-3-1-2(7(12)13)4(9)6(11)5(3)10;;;/h1H,(H,12,13);;;. The van der Waals surface area contributed by atoms with E-state index in [0.717, 1.165) is 0 Å². The molecule has 1 aromatic rings. The largest absolute Gasteiger partial charge is 0.478 e. The Hall–Kier alpha value is -0.824. The van der Waals surface area contributed by atoms with Gasteiger partial charge in [0, 0.05) is 0 Å². The summed E-state index contributed by atoms with van der Waals surface area (Å²) in [6.07, 6.45) is 0. The molecule has 0 aliphatic rings. The summed E-state index contributed by atoms with van der Waals surface area (Å²) >= 11 is 0. The predicted octanol–water partition coefficient (Wildman–Crippen LogP) is 1.02. The van der Waals surface area contributed by atoms with Crippen molar-refractivity contribution in [1.82, 2.24) is 0 Å². The molecule has 0 amide bonds. The molecule has 0 aromatic heterocycles. The minimum atomic E-state index is -2.13. The lowest BCUT2D eigenvalue weighted by Gasteiger charge is -2.00. The number of carbonyl (C=O) groups is 1. The van der Waals surface area contributed by atoms with Gasteiger partial charge >= 0.3 is 29.0 Å². The first kappa shape index (κ1) is 13.2. The summed E-state index contributed by atoms with van der Waals surface area (Å²) in [6, 6.07) is 0.0794. The van der Waals surface area contributed by atoms with E-state index < -0.39 is 34.8 Å². The van der Waals surface area contributed by atoms with Gasteiger partial charge in [-0.15, -0.1) is 0 Å². The molecule has 14 heavy (non-hydrogen) atoms. The number of carboxylic acid groups (broad SMARTS) is 1. The quantitative estimate of drug-likeness (QED) is 0.332. The van der Waals surface area contributed by atoms with Crippen molar-refractivity contribution in [1.29, 1.82) is 0 Å². The molecule has 0 fully saturated rings. The molecule has 1 aromatic carbocycles. The van der Waals surface area contributed by atoms with Crippen LogP contribution in [0.3, 0.4) is 0 Å². The van der Waals surface area contributed by atoms with Gasteiger partial charge in [-0.3, -0.25) is 0 Å². The highest BCUT2D eigenvalue weighted by molar-refractivity contribution is 5.87. The topological polar surface area (TPSA) is 37.3 Å². The third-order valence-electron chi connectivity index (χ3n) is 1.33. The van der Waals surface area contributed by atoms with Gasteiger partial charge in [-0.2, -0.15) is 0 Å². The second kappa shape index (κ2) is 4.60. The fourth-order valence-electron chi connectivity index (χ4n) is 0.728. The van der Waals surface area contributed by atoms with E-state index in [-0.39, 0.29) is 29.1 Å². The van der Waals surface area contributed by atoms with Gasteiger partial charge in [-0.25, -0.2) is 22.4 Å². The average molecular weight is 220 g/mol. The van der Waals surface area contributed by atoms with Gasteiger partial charge in [-0.05, 0) is 6.07 Å². The fourth-order valence-corrected chi connectivity index (χ4v) is 0.728. The Morgan fingerprint density at radius 1 is 1.07 bits per heavy atom. The molecule has 0 bridgehead atoms. The van der Waals surface area contributed by atoms with Crippen molar-refractivity contribution in [2.75, 3.05) is 0 Å². The zero-order valence-electron chi connectivity index (χ0n) is 5.94. The van der Waals surface area contributed by atoms with E-state index in [1.807, 2.05) is 0 Å². The van der Waals surface area contributed by atoms with E-state index in [0.29, 0.717) is 0 Å². The molecule has 0 spiro atoms. The monoisotopic (exact) mass is 220 g/mol. The van der Waals surface area contributed by atoms with Crippen molar-refractivity contribution >= 4 is 29.0 Å². The van der Waals surface area contributed by atoms with E-state index in [1.165, 1.54) is 0 Å². The highest BCUT2D eigenvalue weighted by atomic mass is 24.3. The maximum Gasteiger partial charge on any atom is 0.338 e. The normalized spacial score (nSPS) is 9.43. The Morgan fingerprint density at radius 2 is 1.57 bits per heavy atom. The summed E-state index contributed by atoms with van der Waals surface area (Å²) in [4.78, 5) is 10.1. The van der Waals surface area contributed by atoms with Crippen molar-refractivity contribution in [2.24, 2.45) is 0 Å². The summed E-state index contributed by atoms with van der Waals surface area (Å²) in [5.41, 5.74) is -1.24. The number of benzene rings is 1. The van der Waals surface area contributed by atoms with E-state index in [9.17, 15) is 22.4 Å². The van der Waals surface area contributed by atoms with Gasteiger partial charge in [0.2, 0.25) is 0 Å². The van der Waals surface area contributed by atoms with Gasteiger partial charge in [0.1, 0.15) is 5.56 Å². The maximum absolute atomic E-state index is 12.5. The summed E-state index contributed by atoms with van der Waals surface area (Å²) in [6.45, 7) is 0. The van der Waals surface area contributed by atoms with Crippen LogP contribution in [-0.2, 0) is 0 Å². The smallest absolute Gasteiger partial charge is 0.338 e. The number of aromatic carboxylic acids is 1. The van der Waals surface area contributed by atoms with Crippen molar-refractivity contribution < 1.29 is 27.5 Å². The number of carboxylic acids is 1. The first-order valence-corrected chi connectivity index (χ1v) is 3.01. The zero-order valence-corrected chi connectivity index (χ0v) is 5.94. The molecule has 0 saturated heterocycles. The predicted molar refractivity (Wildman–Crippen MR) is 41.8 cm³/mol. The molecule has 7 heteroatoms. The molecule has 0 aliphatic carbocycles. The van der Waals surface area contributed by atoms with Gasteiger partial charge in [0.25, 0.3) is 0 Å². The van der Waals surface area contributed by atoms with Gasteiger partial charge in [0.05, 0.1) is 0 Å². The Kier molecular flexibility index (Phi) is 4.33. The second-order valence-electron chi connectivity index (χ2n) is 2.15. The van der Waals surface area contributed by atoms with Crippen LogP contribution in [0.1, 0.15) is 10.4 Å². The third-order valence-corrected chi connectivity index (χ3v) is 1.33. The molecule has 74 valence electrons. The van der Waals surface area contributed by atoms with Crippen LogP contribution < -0.4 is 0 Å². The van der Waals surface area contributed by atoms with Crippen LogP contribution in [0, 0.1) is 23.3 Å². The summed E-state index contributed by atoms with van der Waals surface area (Å²) in [5.74, 6) is -9.67. The van der Waals surface area contributed by atoms with Gasteiger partial charge < -0.3 is 5.11 Å². The number of hydrogen-bond acceptors (Lipinski definition) is 1. The average Bonchev–Trinajstić information content (AvgIpc) is 2.07. The molecular formula is C7H4F4MgO2. The highest BCUT2D eigenvalue weighted by Crippen LogP contribution is 2.18. The molecule has 0 radical (unpaired) electrons. The molecule has 0 atom stereocenters. The van der Waals surface area contributed by atoms with E-state index in [1.54, 1.807) is 0 Å². The maximum atomic E-state index is 12.5. The molecule has 0 saturated carbocycles. The van der Waals surface area contributed by atoms with Gasteiger partial charge in [0.15, 0.2) is 23.3 Å². The minimum Gasteiger partial charge on any atom is -0.478 e. The number of halogens is 4. The molecule has 0 aliphatic heterocycles. The molecule has 1 rings (SSSR count). The van der Waals surface area contributed by atoms with Crippen molar-refractivity contribution in [3.05, 3.63) is 34.9 Å². The van der Waals surface area contributed by atoms with Crippen LogP contribution in [0.15, 0.2) is 6.07 Å². The lowest BCUT2D eigenvalue weighted by atomic mass is 10.2. The Balaban J connectivity index is 0.00000169. The third kappa shape index (κ3) is 2.15. The second-order valence-corrected chi connectivity index (χ2v) is 2.15. The van der Waals surface area contributed by atoms with E-state index in [2.05, 4.69) is 0 Å². The fraction of sp³-hybridized carbons (Fsp3) is 0. The van der Waals surface area contributed by atoms with Crippen LogP contribution in [-0.4, -0.2) is 34.1 Å². The zero-order chi connectivity index (χ0) is 10.2. The summed E-state index contributed by atoms with van der Waals surface area (Å²) < 4.78 is 49.5. The van der Waals surface area contributed by atoms with Crippen LogP contribution >= 0.6 is 0 Å². The number of rotatable bonds is 1. The van der Waals surface area contributed by atoms with Crippen molar-refractivity contribution in [2.45, 2.75) is 0 Å². The van der Waals surface area contributed by atoms with Crippen LogP contribution in [0.5, 0.6) is 0 Å². The molecule has 0 heterocycles. The van der Waals surface area contributed by atoms with Crippen molar-refractivity contribution in [3.8, 4) is 0 Å². The number of hydrogen-bond donors (Lipinski definition) is 1.